The third-order valence-electron chi connectivity index (χ3n) is 2.20. The summed E-state index contributed by atoms with van der Waals surface area (Å²) in [5, 5.41) is 3.11. The fourth-order valence-electron chi connectivity index (χ4n) is 1.21. The zero-order chi connectivity index (χ0) is 11.3. The molecule has 1 nitrogen and oxygen atoms in total. The SMILES string of the molecule is CC(CCCl)NCc1ccc(F)cc1F. The van der Waals surface area contributed by atoms with E-state index in [0.29, 0.717) is 18.0 Å². The summed E-state index contributed by atoms with van der Waals surface area (Å²) in [4.78, 5) is 0. The predicted octanol–water partition coefficient (Wildman–Crippen LogP) is 3.07. The smallest absolute Gasteiger partial charge is 0.130 e. The van der Waals surface area contributed by atoms with Gasteiger partial charge < -0.3 is 5.32 Å². The Hall–Kier alpha value is -0.670. The van der Waals surface area contributed by atoms with Crippen molar-refractivity contribution in [3.05, 3.63) is 35.4 Å². The lowest BCUT2D eigenvalue weighted by atomic mass is 10.2. The van der Waals surface area contributed by atoms with Crippen molar-refractivity contribution in [3.8, 4) is 0 Å². The van der Waals surface area contributed by atoms with Gasteiger partial charge in [0.2, 0.25) is 0 Å². The van der Waals surface area contributed by atoms with Crippen molar-refractivity contribution >= 4 is 11.6 Å². The average Bonchev–Trinajstić information content (AvgIpc) is 2.17. The Bertz CT molecular complexity index is 317. The highest BCUT2D eigenvalue weighted by Crippen LogP contribution is 2.09. The van der Waals surface area contributed by atoms with Gasteiger partial charge in [0.25, 0.3) is 0 Å². The third-order valence-corrected chi connectivity index (χ3v) is 2.42. The summed E-state index contributed by atoms with van der Waals surface area (Å²) in [5.74, 6) is -0.495. The second-order valence-electron chi connectivity index (χ2n) is 3.50. The van der Waals surface area contributed by atoms with Gasteiger partial charge in [0, 0.05) is 30.1 Å². The number of hydrogen-bond acceptors (Lipinski definition) is 1. The fourth-order valence-corrected chi connectivity index (χ4v) is 1.54. The first-order valence-electron chi connectivity index (χ1n) is 4.86. The van der Waals surface area contributed by atoms with Crippen molar-refractivity contribution in [1.29, 1.82) is 0 Å². The Morgan fingerprint density at radius 3 is 2.73 bits per heavy atom. The van der Waals surface area contributed by atoms with Gasteiger partial charge in [-0.15, -0.1) is 11.6 Å². The van der Waals surface area contributed by atoms with Gasteiger partial charge in [-0.3, -0.25) is 0 Å². The molecule has 0 aliphatic carbocycles. The summed E-state index contributed by atoms with van der Waals surface area (Å²) in [6, 6.07) is 3.83. The Morgan fingerprint density at radius 2 is 2.13 bits per heavy atom. The lowest BCUT2D eigenvalue weighted by Crippen LogP contribution is -2.26. The maximum atomic E-state index is 13.2. The number of nitrogens with one attached hydrogen (secondary N) is 1. The molecule has 0 fully saturated rings. The van der Waals surface area contributed by atoms with Crippen LogP contribution in [0.3, 0.4) is 0 Å². The van der Waals surface area contributed by atoms with Gasteiger partial charge in [-0.05, 0) is 19.4 Å². The van der Waals surface area contributed by atoms with Crippen LogP contribution < -0.4 is 5.32 Å². The molecule has 1 unspecified atom stereocenters. The van der Waals surface area contributed by atoms with E-state index in [4.69, 9.17) is 11.6 Å². The highest BCUT2D eigenvalue weighted by atomic mass is 35.5. The average molecular weight is 234 g/mol. The largest absolute Gasteiger partial charge is 0.310 e. The Labute approximate surface area is 93.4 Å². The van der Waals surface area contributed by atoms with Gasteiger partial charge in [0.05, 0.1) is 0 Å². The third kappa shape index (κ3) is 4.14. The zero-order valence-electron chi connectivity index (χ0n) is 8.56. The maximum absolute atomic E-state index is 13.2. The van der Waals surface area contributed by atoms with Gasteiger partial charge in [-0.1, -0.05) is 6.07 Å². The van der Waals surface area contributed by atoms with Gasteiger partial charge >= 0.3 is 0 Å². The van der Waals surface area contributed by atoms with E-state index in [1.165, 1.54) is 12.1 Å². The van der Waals surface area contributed by atoms with Crippen molar-refractivity contribution in [2.45, 2.75) is 25.9 Å². The number of hydrogen-bond donors (Lipinski definition) is 1. The number of alkyl halides is 1. The van der Waals surface area contributed by atoms with Crippen LogP contribution in [0, 0.1) is 11.6 Å². The van der Waals surface area contributed by atoms with Crippen molar-refractivity contribution in [2.75, 3.05) is 5.88 Å². The standard InChI is InChI=1S/C11H14ClF2N/c1-8(4-5-12)15-7-9-2-3-10(13)6-11(9)14/h2-3,6,8,15H,4-5,7H2,1H3. The topological polar surface area (TPSA) is 12.0 Å². The molecule has 0 aromatic heterocycles. The molecule has 0 radical (unpaired) electrons. The molecule has 1 N–H and O–H groups in total. The molecular formula is C11H14ClF2N. The molecule has 15 heavy (non-hydrogen) atoms. The minimum absolute atomic E-state index is 0.229. The van der Waals surface area contributed by atoms with Crippen LogP contribution in [0.1, 0.15) is 18.9 Å². The molecule has 0 heterocycles. The molecule has 0 bridgehead atoms. The molecule has 1 atom stereocenters. The lowest BCUT2D eigenvalue weighted by Gasteiger charge is -2.12. The molecule has 0 saturated heterocycles. The highest BCUT2D eigenvalue weighted by molar-refractivity contribution is 6.17. The molecule has 0 aliphatic rings. The Kier molecular flexibility index (Phi) is 4.99. The van der Waals surface area contributed by atoms with E-state index in [2.05, 4.69) is 5.32 Å². The van der Waals surface area contributed by atoms with Crippen LogP contribution in [0.25, 0.3) is 0 Å². The first-order chi connectivity index (χ1) is 7.13. The quantitative estimate of drug-likeness (QED) is 0.771. The van der Waals surface area contributed by atoms with E-state index in [-0.39, 0.29) is 6.04 Å². The van der Waals surface area contributed by atoms with Gasteiger partial charge in [0.1, 0.15) is 11.6 Å². The predicted molar refractivity (Wildman–Crippen MR) is 58.0 cm³/mol. The summed E-state index contributed by atoms with van der Waals surface area (Å²) in [7, 11) is 0. The van der Waals surface area contributed by atoms with E-state index in [1.807, 2.05) is 6.92 Å². The molecule has 0 spiro atoms. The molecule has 1 aromatic carbocycles. The summed E-state index contributed by atoms with van der Waals surface area (Å²) in [5.41, 5.74) is 0.470. The second-order valence-corrected chi connectivity index (χ2v) is 3.87. The lowest BCUT2D eigenvalue weighted by molar-refractivity contribution is 0.513. The van der Waals surface area contributed by atoms with Gasteiger partial charge in [0.15, 0.2) is 0 Å². The van der Waals surface area contributed by atoms with Crippen LogP contribution in [-0.2, 0) is 6.54 Å². The number of benzene rings is 1. The van der Waals surface area contributed by atoms with Crippen LogP contribution in [0.4, 0.5) is 8.78 Å². The zero-order valence-corrected chi connectivity index (χ0v) is 9.32. The monoisotopic (exact) mass is 233 g/mol. The van der Waals surface area contributed by atoms with E-state index in [1.54, 1.807) is 0 Å². The summed E-state index contributed by atoms with van der Waals surface area (Å²) >= 11 is 5.57. The van der Waals surface area contributed by atoms with Crippen LogP contribution in [0.5, 0.6) is 0 Å². The second kappa shape index (κ2) is 6.03. The van der Waals surface area contributed by atoms with Crippen molar-refractivity contribution in [3.63, 3.8) is 0 Å². The molecule has 4 heteroatoms. The van der Waals surface area contributed by atoms with Gasteiger partial charge in [-0.25, -0.2) is 8.78 Å². The first-order valence-corrected chi connectivity index (χ1v) is 5.40. The van der Waals surface area contributed by atoms with Crippen LogP contribution >= 0.6 is 11.6 Å². The van der Waals surface area contributed by atoms with Crippen molar-refractivity contribution in [1.82, 2.24) is 5.32 Å². The summed E-state index contributed by atoms with van der Waals surface area (Å²) < 4.78 is 25.8. The first kappa shape index (κ1) is 12.4. The van der Waals surface area contributed by atoms with E-state index in [0.717, 1.165) is 12.5 Å². The van der Waals surface area contributed by atoms with Crippen molar-refractivity contribution < 1.29 is 8.78 Å². The Morgan fingerprint density at radius 1 is 1.40 bits per heavy atom. The van der Waals surface area contributed by atoms with Crippen LogP contribution in [0.2, 0.25) is 0 Å². The van der Waals surface area contributed by atoms with E-state index >= 15 is 0 Å². The minimum atomic E-state index is -0.551. The van der Waals surface area contributed by atoms with Gasteiger partial charge in [-0.2, -0.15) is 0 Å². The molecule has 84 valence electrons. The molecule has 1 aromatic rings. The highest BCUT2D eigenvalue weighted by Gasteiger charge is 2.05. The van der Waals surface area contributed by atoms with E-state index < -0.39 is 11.6 Å². The molecular weight excluding hydrogens is 220 g/mol. The minimum Gasteiger partial charge on any atom is -0.310 e. The molecule has 1 rings (SSSR count). The molecule has 0 amide bonds. The fraction of sp³-hybridized carbons (Fsp3) is 0.455. The summed E-state index contributed by atoms with van der Waals surface area (Å²) in [6.45, 7) is 2.37. The van der Waals surface area contributed by atoms with Crippen LogP contribution in [-0.4, -0.2) is 11.9 Å². The Balaban J connectivity index is 2.50. The number of rotatable bonds is 5. The van der Waals surface area contributed by atoms with E-state index in [9.17, 15) is 8.78 Å². The maximum Gasteiger partial charge on any atom is 0.130 e. The normalized spacial score (nSPS) is 12.8. The van der Waals surface area contributed by atoms with Crippen LogP contribution in [0.15, 0.2) is 18.2 Å². The van der Waals surface area contributed by atoms with Crippen molar-refractivity contribution in [2.24, 2.45) is 0 Å². The molecule has 0 aliphatic heterocycles. The number of halogens is 3. The molecule has 0 saturated carbocycles. The summed E-state index contributed by atoms with van der Waals surface area (Å²) in [6.07, 6.45) is 0.824.